The van der Waals surface area contributed by atoms with Crippen molar-refractivity contribution in [3.05, 3.63) is 29.6 Å². The van der Waals surface area contributed by atoms with Crippen molar-refractivity contribution in [2.45, 2.75) is 25.9 Å². The Bertz CT molecular complexity index is 465. The van der Waals surface area contributed by atoms with Crippen LogP contribution < -0.4 is 11.3 Å². The Morgan fingerprint density at radius 2 is 2.30 bits per heavy atom. The smallest absolute Gasteiger partial charge is 0.283 e. The van der Waals surface area contributed by atoms with Crippen LogP contribution in [0.25, 0.3) is 0 Å². The minimum Gasteiger partial charge on any atom is -0.301 e. The monoisotopic (exact) mass is 277 g/mol. The fraction of sp³-hybridized carbons (Fsp3) is 0.571. The van der Waals surface area contributed by atoms with Crippen LogP contribution in [-0.4, -0.2) is 53.4 Å². The van der Waals surface area contributed by atoms with Gasteiger partial charge in [-0.15, -0.1) is 0 Å². The van der Waals surface area contributed by atoms with Crippen molar-refractivity contribution in [1.29, 1.82) is 0 Å². The number of hydrogen-bond acceptors (Lipinski definition) is 5. The molecule has 1 aromatic rings. The summed E-state index contributed by atoms with van der Waals surface area (Å²) in [5.74, 6) is 4.78. The fourth-order valence-corrected chi connectivity index (χ4v) is 2.59. The Hall–Kier alpha value is -1.50. The van der Waals surface area contributed by atoms with E-state index in [0.717, 1.165) is 38.3 Å². The summed E-state index contributed by atoms with van der Waals surface area (Å²) >= 11 is 0. The van der Waals surface area contributed by atoms with E-state index in [2.05, 4.69) is 34.2 Å². The second-order valence-corrected chi connectivity index (χ2v) is 5.27. The first-order valence-electron chi connectivity index (χ1n) is 7.03. The van der Waals surface area contributed by atoms with Crippen molar-refractivity contribution in [3.8, 4) is 0 Å². The van der Waals surface area contributed by atoms with Crippen molar-refractivity contribution in [2.24, 2.45) is 5.84 Å². The highest BCUT2D eigenvalue weighted by Gasteiger charge is 2.23. The molecule has 0 aliphatic carbocycles. The molecule has 1 aliphatic heterocycles. The maximum atomic E-state index is 11.5. The van der Waals surface area contributed by atoms with Gasteiger partial charge in [-0.05, 0) is 25.6 Å². The molecule has 1 fully saturated rings. The SMILES string of the molecule is CCC1CN(Cc2cccc(C(=O)NN)n2)CCN1C. The molecule has 1 unspecified atom stereocenters. The molecule has 3 N–H and O–H groups in total. The Kier molecular flexibility index (Phi) is 5.05. The normalized spacial score (nSPS) is 20.9. The summed E-state index contributed by atoms with van der Waals surface area (Å²) in [7, 11) is 2.18. The molecule has 1 aromatic heterocycles. The minimum absolute atomic E-state index is 0.350. The number of piperazine rings is 1. The minimum atomic E-state index is -0.350. The molecule has 0 saturated carbocycles. The zero-order chi connectivity index (χ0) is 14.5. The van der Waals surface area contributed by atoms with E-state index in [0.29, 0.717) is 11.7 Å². The van der Waals surface area contributed by atoms with Gasteiger partial charge in [0.1, 0.15) is 5.69 Å². The number of pyridine rings is 1. The van der Waals surface area contributed by atoms with E-state index in [-0.39, 0.29) is 5.91 Å². The number of aromatic nitrogens is 1. The molecule has 20 heavy (non-hydrogen) atoms. The van der Waals surface area contributed by atoms with Crippen molar-refractivity contribution < 1.29 is 4.79 Å². The van der Waals surface area contributed by atoms with Gasteiger partial charge in [0.15, 0.2) is 0 Å². The highest BCUT2D eigenvalue weighted by Crippen LogP contribution is 2.13. The molecule has 0 bridgehead atoms. The van der Waals surface area contributed by atoms with Gasteiger partial charge in [-0.3, -0.25) is 15.1 Å². The van der Waals surface area contributed by atoms with E-state index in [4.69, 9.17) is 5.84 Å². The number of nitrogens with two attached hydrogens (primary N) is 1. The molecule has 1 saturated heterocycles. The lowest BCUT2D eigenvalue weighted by Gasteiger charge is -2.39. The van der Waals surface area contributed by atoms with Crippen LogP contribution in [0.5, 0.6) is 0 Å². The third kappa shape index (κ3) is 3.53. The number of rotatable bonds is 4. The van der Waals surface area contributed by atoms with Gasteiger partial charge in [-0.1, -0.05) is 13.0 Å². The predicted octanol–water partition coefficient (Wildman–Crippen LogP) is 0.211. The lowest BCUT2D eigenvalue weighted by molar-refractivity contribution is 0.0871. The van der Waals surface area contributed by atoms with Crippen molar-refractivity contribution in [1.82, 2.24) is 20.2 Å². The zero-order valence-corrected chi connectivity index (χ0v) is 12.2. The van der Waals surface area contributed by atoms with Crippen LogP contribution in [0.4, 0.5) is 0 Å². The van der Waals surface area contributed by atoms with Crippen LogP contribution in [0.3, 0.4) is 0 Å². The molecule has 1 aliphatic rings. The number of hydrogen-bond donors (Lipinski definition) is 2. The third-order valence-corrected chi connectivity index (χ3v) is 3.89. The topological polar surface area (TPSA) is 74.5 Å². The van der Waals surface area contributed by atoms with Gasteiger partial charge >= 0.3 is 0 Å². The largest absolute Gasteiger partial charge is 0.301 e. The Morgan fingerprint density at radius 3 is 3.00 bits per heavy atom. The number of nitrogen functional groups attached to an aromatic ring is 1. The maximum absolute atomic E-state index is 11.5. The second-order valence-electron chi connectivity index (χ2n) is 5.27. The first kappa shape index (κ1) is 14.9. The van der Waals surface area contributed by atoms with Gasteiger partial charge in [0.05, 0.1) is 5.69 Å². The first-order valence-corrected chi connectivity index (χ1v) is 7.03. The van der Waals surface area contributed by atoms with Crippen molar-refractivity contribution in [3.63, 3.8) is 0 Å². The average molecular weight is 277 g/mol. The van der Waals surface area contributed by atoms with E-state index in [9.17, 15) is 4.79 Å². The molecule has 0 radical (unpaired) electrons. The molecule has 1 amide bonds. The standard InChI is InChI=1S/C14H23N5O/c1-3-12-10-19(8-7-18(12)2)9-11-5-4-6-13(16-11)14(20)17-15/h4-6,12H,3,7-10,15H2,1-2H3,(H,17,20). The quantitative estimate of drug-likeness (QED) is 0.467. The van der Waals surface area contributed by atoms with Gasteiger partial charge in [0, 0.05) is 32.2 Å². The number of hydrazine groups is 1. The number of carbonyl (C=O) groups excluding carboxylic acids is 1. The average Bonchev–Trinajstić information content (AvgIpc) is 2.48. The number of likely N-dealkylation sites (N-methyl/N-ethyl adjacent to an activating group) is 1. The van der Waals surface area contributed by atoms with E-state index in [1.165, 1.54) is 0 Å². The summed E-state index contributed by atoms with van der Waals surface area (Å²) in [5.41, 5.74) is 3.39. The van der Waals surface area contributed by atoms with Crippen LogP contribution >= 0.6 is 0 Å². The second kappa shape index (κ2) is 6.78. The van der Waals surface area contributed by atoms with Crippen molar-refractivity contribution >= 4 is 5.91 Å². The summed E-state index contributed by atoms with van der Waals surface area (Å²) in [6.45, 7) is 6.14. The summed E-state index contributed by atoms with van der Waals surface area (Å²) < 4.78 is 0. The molecule has 6 nitrogen and oxygen atoms in total. The summed E-state index contributed by atoms with van der Waals surface area (Å²) in [6.07, 6.45) is 1.15. The van der Waals surface area contributed by atoms with Crippen LogP contribution in [0, 0.1) is 0 Å². The highest BCUT2D eigenvalue weighted by atomic mass is 16.2. The molecule has 2 rings (SSSR count). The Balaban J connectivity index is 2.01. The predicted molar refractivity (Wildman–Crippen MR) is 77.9 cm³/mol. The van der Waals surface area contributed by atoms with Gasteiger partial charge in [0.2, 0.25) is 0 Å². The molecule has 1 atom stereocenters. The molecule has 110 valence electrons. The summed E-state index contributed by atoms with van der Waals surface area (Å²) in [4.78, 5) is 20.6. The molecule has 0 aromatic carbocycles. The summed E-state index contributed by atoms with van der Waals surface area (Å²) in [6, 6.07) is 6.07. The highest BCUT2D eigenvalue weighted by molar-refractivity contribution is 5.91. The van der Waals surface area contributed by atoms with E-state index < -0.39 is 0 Å². The Labute approximate surface area is 119 Å². The molecule has 2 heterocycles. The maximum Gasteiger partial charge on any atom is 0.283 e. The summed E-state index contributed by atoms with van der Waals surface area (Å²) in [5, 5.41) is 0. The molecule has 6 heteroatoms. The molecular formula is C14H23N5O. The van der Waals surface area contributed by atoms with Crippen LogP contribution in [-0.2, 0) is 6.54 Å². The molecule has 0 spiro atoms. The molecular weight excluding hydrogens is 254 g/mol. The lowest BCUT2D eigenvalue weighted by Crippen LogP contribution is -2.50. The van der Waals surface area contributed by atoms with Gasteiger partial charge in [-0.25, -0.2) is 10.8 Å². The number of nitrogens with zero attached hydrogens (tertiary/aromatic N) is 3. The number of nitrogens with one attached hydrogen (secondary N) is 1. The van der Waals surface area contributed by atoms with Gasteiger partial charge < -0.3 is 4.90 Å². The van der Waals surface area contributed by atoms with E-state index in [1.807, 2.05) is 12.1 Å². The van der Waals surface area contributed by atoms with Crippen molar-refractivity contribution in [2.75, 3.05) is 26.7 Å². The van der Waals surface area contributed by atoms with E-state index in [1.54, 1.807) is 6.07 Å². The fourth-order valence-electron chi connectivity index (χ4n) is 2.59. The lowest BCUT2D eigenvalue weighted by atomic mass is 10.1. The third-order valence-electron chi connectivity index (χ3n) is 3.89. The van der Waals surface area contributed by atoms with Crippen LogP contribution in [0.2, 0.25) is 0 Å². The van der Waals surface area contributed by atoms with Gasteiger partial charge in [0.25, 0.3) is 5.91 Å². The number of amides is 1. The van der Waals surface area contributed by atoms with Gasteiger partial charge in [-0.2, -0.15) is 0 Å². The zero-order valence-electron chi connectivity index (χ0n) is 12.2. The van der Waals surface area contributed by atoms with Crippen LogP contribution in [0.15, 0.2) is 18.2 Å². The van der Waals surface area contributed by atoms with E-state index >= 15 is 0 Å². The number of carbonyl (C=O) groups is 1. The van der Waals surface area contributed by atoms with Crippen LogP contribution in [0.1, 0.15) is 29.5 Å². The Morgan fingerprint density at radius 1 is 1.50 bits per heavy atom. The first-order chi connectivity index (χ1) is 9.63.